The monoisotopic (exact) mass is 487 g/mol. The second kappa shape index (κ2) is 8.15. The van der Waals surface area contributed by atoms with Crippen LogP contribution in [0.3, 0.4) is 0 Å². The van der Waals surface area contributed by atoms with Crippen molar-refractivity contribution in [2.75, 3.05) is 0 Å². The normalized spacial score (nSPS) is 11.7. The summed E-state index contributed by atoms with van der Waals surface area (Å²) in [5.41, 5.74) is 6.65. The molecule has 4 heteroatoms. The summed E-state index contributed by atoms with van der Waals surface area (Å²) < 4.78 is 8.62. The molecule has 0 amide bonds. The van der Waals surface area contributed by atoms with Gasteiger partial charge < -0.3 is 4.42 Å². The van der Waals surface area contributed by atoms with Crippen LogP contribution in [-0.2, 0) is 0 Å². The Morgan fingerprint density at radius 3 is 1.92 bits per heavy atom. The first-order valence-electron chi connectivity index (χ1n) is 12.7. The Kier molecular flexibility index (Phi) is 4.49. The number of hydrogen-bond donors (Lipinski definition) is 0. The van der Waals surface area contributed by atoms with E-state index in [0.717, 1.165) is 55.6 Å². The van der Waals surface area contributed by atoms with Crippen LogP contribution >= 0.6 is 0 Å². The van der Waals surface area contributed by atoms with Gasteiger partial charge in [-0.15, -0.1) is 0 Å². The molecule has 0 aliphatic rings. The largest absolute Gasteiger partial charge is 0.455 e. The number of fused-ring (bicyclic) bond motifs is 6. The number of furan rings is 1. The number of benzene rings is 5. The molecule has 4 nitrogen and oxygen atoms in total. The van der Waals surface area contributed by atoms with Gasteiger partial charge in [0, 0.05) is 38.7 Å². The van der Waals surface area contributed by atoms with E-state index < -0.39 is 0 Å². The fraction of sp³-hybridized carbons (Fsp3) is 0. The van der Waals surface area contributed by atoms with Crippen LogP contribution in [0.1, 0.15) is 0 Å². The summed E-state index contributed by atoms with van der Waals surface area (Å²) in [6.07, 6.45) is 0. The molecule has 0 atom stereocenters. The molecule has 178 valence electrons. The van der Waals surface area contributed by atoms with E-state index >= 15 is 0 Å². The minimum atomic E-state index is 0.674. The van der Waals surface area contributed by atoms with Gasteiger partial charge in [0.1, 0.15) is 17.0 Å². The van der Waals surface area contributed by atoms with Crippen molar-refractivity contribution in [3.8, 4) is 28.5 Å². The standard InChI is InChI=1S/C34H21N3O/c1-2-11-22(12-3-1)34-35-28(27-17-10-16-26-25-15-6-9-20-31(25)38-33(26)27)21-32(36-34)37-29-18-7-4-13-23(29)24-14-5-8-19-30(24)37/h1-21H. The molecule has 0 bridgehead atoms. The Morgan fingerprint density at radius 1 is 0.526 bits per heavy atom. The molecule has 8 rings (SSSR count). The van der Waals surface area contributed by atoms with Crippen LogP contribution in [0.5, 0.6) is 0 Å². The van der Waals surface area contributed by atoms with Crippen molar-refractivity contribution in [1.82, 2.24) is 14.5 Å². The molecule has 3 aromatic heterocycles. The van der Waals surface area contributed by atoms with E-state index in [-0.39, 0.29) is 0 Å². The third kappa shape index (κ3) is 3.10. The van der Waals surface area contributed by atoms with Gasteiger partial charge in [0.25, 0.3) is 0 Å². The highest BCUT2D eigenvalue weighted by Gasteiger charge is 2.18. The number of para-hydroxylation sites is 4. The van der Waals surface area contributed by atoms with Crippen LogP contribution in [0, 0.1) is 0 Å². The minimum Gasteiger partial charge on any atom is -0.455 e. The van der Waals surface area contributed by atoms with Gasteiger partial charge in [-0.1, -0.05) is 97.1 Å². The highest BCUT2D eigenvalue weighted by Crippen LogP contribution is 2.37. The van der Waals surface area contributed by atoms with Gasteiger partial charge in [-0.2, -0.15) is 0 Å². The summed E-state index contributed by atoms with van der Waals surface area (Å²) in [6, 6.07) is 43.6. The predicted molar refractivity (Wildman–Crippen MR) is 155 cm³/mol. The van der Waals surface area contributed by atoms with Gasteiger partial charge in [-0.3, -0.25) is 4.57 Å². The molecule has 0 saturated heterocycles. The SMILES string of the molecule is c1ccc(-c2nc(-c3cccc4c3oc3ccccc34)cc(-n3c4ccccc4c4ccccc43)n2)cc1. The Bertz CT molecular complexity index is 2080. The lowest BCUT2D eigenvalue weighted by atomic mass is 10.1. The third-order valence-corrected chi connectivity index (χ3v) is 7.23. The fourth-order valence-corrected chi connectivity index (χ4v) is 5.52. The Labute approximate surface area is 218 Å². The van der Waals surface area contributed by atoms with Gasteiger partial charge in [-0.05, 0) is 24.3 Å². The molecule has 8 aromatic rings. The fourth-order valence-electron chi connectivity index (χ4n) is 5.52. The van der Waals surface area contributed by atoms with Crippen molar-refractivity contribution in [3.63, 3.8) is 0 Å². The number of aromatic nitrogens is 3. The topological polar surface area (TPSA) is 43.9 Å². The molecule has 0 fully saturated rings. The number of hydrogen-bond acceptors (Lipinski definition) is 3. The Hall–Kier alpha value is -5.22. The van der Waals surface area contributed by atoms with Crippen LogP contribution in [-0.4, -0.2) is 14.5 Å². The smallest absolute Gasteiger partial charge is 0.162 e. The van der Waals surface area contributed by atoms with Crippen molar-refractivity contribution in [3.05, 3.63) is 127 Å². The van der Waals surface area contributed by atoms with E-state index in [4.69, 9.17) is 14.4 Å². The van der Waals surface area contributed by atoms with Crippen LogP contribution in [0.4, 0.5) is 0 Å². The first-order valence-corrected chi connectivity index (χ1v) is 12.7. The predicted octanol–water partition coefficient (Wildman–Crippen LogP) is 8.81. The van der Waals surface area contributed by atoms with Gasteiger partial charge in [0.2, 0.25) is 0 Å². The lowest BCUT2D eigenvalue weighted by Crippen LogP contribution is -2.02. The van der Waals surface area contributed by atoms with Crippen LogP contribution < -0.4 is 0 Å². The maximum absolute atomic E-state index is 6.39. The molecule has 0 radical (unpaired) electrons. The van der Waals surface area contributed by atoms with Crippen LogP contribution in [0.15, 0.2) is 132 Å². The average molecular weight is 488 g/mol. The summed E-state index contributed by atoms with van der Waals surface area (Å²) in [4.78, 5) is 10.2. The van der Waals surface area contributed by atoms with Gasteiger partial charge >= 0.3 is 0 Å². The molecule has 5 aromatic carbocycles. The molecule has 0 unspecified atom stereocenters. The van der Waals surface area contributed by atoms with Crippen molar-refractivity contribution in [1.29, 1.82) is 0 Å². The summed E-state index contributed by atoms with van der Waals surface area (Å²) in [7, 11) is 0. The molecule has 3 heterocycles. The first-order chi connectivity index (χ1) is 18.8. The van der Waals surface area contributed by atoms with E-state index in [1.807, 2.05) is 36.4 Å². The molecule has 0 N–H and O–H groups in total. The number of nitrogens with zero attached hydrogens (tertiary/aromatic N) is 3. The maximum atomic E-state index is 6.39. The highest BCUT2D eigenvalue weighted by atomic mass is 16.3. The van der Waals surface area contributed by atoms with E-state index in [0.29, 0.717) is 5.82 Å². The van der Waals surface area contributed by atoms with E-state index in [1.165, 1.54) is 10.8 Å². The minimum absolute atomic E-state index is 0.674. The Morgan fingerprint density at radius 2 is 1.16 bits per heavy atom. The second-order valence-electron chi connectivity index (χ2n) is 9.45. The molecular formula is C34H21N3O. The molecule has 38 heavy (non-hydrogen) atoms. The molecular weight excluding hydrogens is 466 g/mol. The van der Waals surface area contributed by atoms with Gasteiger partial charge in [0.15, 0.2) is 5.82 Å². The van der Waals surface area contributed by atoms with Crippen LogP contribution in [0.25, 0.3) is 72.2 Å². The lowest BCUT2D eigenvalue weighted by Gasteiger charge is -2.12. The molecule has 0 saturated carbocycles. The zero-order valence-electron chi connectivity index (χ0n) is 20.4. The van der Waals surface area contributed by atoms with Crippen molar-refractivity contribution in [2.45, 2.75) is 0 Å². The lowest BCUT2D eigenvalue weighted by molar-refractivity contribution is 0.670. The van der Waals surface area contributed by atoms with E-state index in [1.54, 1.807) is 0 Å². The maximum Gasteiger partial charge on any atom is 0.162 e. The van der Waals surface area contributed by atoms with Gasteiger partial charge in [-0.25, -0.2) is 9.97 Å². The van der Waals surface area contributed by atoms with Gasteiger partial charge in [0.05, 0.1) is 16.7 Å². The first kappa shape index (κ1) is 20.9. The van der Waals surface area contributed by atoms with E-state index in [9.17, 15) is 0 Å². The van der Waals surface area contributed by atoms with E-state index in [2.05, 4.69) is 95.6 Å². The molecule has 0 aliphatic heterocycles. The van der Waals surface area contributed by atoms with Crippen molar-refractivity contribution in [2.24, 2.45) is 0 Å². The summed E-state index contributed by atoms with van der Waals surface area (Å²) in [5.74, 6) is 1.49. The zero-order valence-corrected chi connectivity index (χ0v) is 20.4. The summed E-state index contributed by atoms with van der Waals surface area (Å²) in [5, 5.41) is 4.58. The summed E-state index contributed by atoms with van der Waals surface area (Å²) >= 11 is 0. The number of rotatable bonds is 3. The van der Waals surface area contributed by atoms with Crippen molar-refractivity contribution < 1.29 is 4.42 Å². The Balaban J connectivity index is 1.47. The summed E-state index contributed by atoms with van der Waals surface area (Å²) in [6.45, 7) is 0. The third-order valence-electron chi connectivity index (χ3n) is 7.23. The van der Waals surface area contributed by atoms with Crippen LogP contribution in [0.2, 0.25) is 0 Å². The molecule has 0 spiro atoms. The quantitative estimate of drug-likeness (QED) is 0.250. The average Bonchev–Trinajstić information content (AvgIpc) is 3.53. The second-order valence-corrected chi connectivity index (χ2v) is 9.45. The zero-order chi connectivity index (χ0) is 25.1. The van der Waals surface area contributed by atoms with Crippen molar-refractivity contribution >= 4 is 43.7 Å². The molecule has 0 aliphatic carbocycles. The highest BCUT2D eigenvalue weighted by molar-refractivity contribution is 6.10.